The van der Waals surface area contributed by atoms with Crippen LogP contribution in [0.4, 0.5) is 0 Å². The van der Waals surface area contributed by atoms with Crippen LogP contribution in [-0.2, 0) is 4.74 Å². The van der Waals surface area contributed by atoms with Gasteiger partial charge in [-0.15, -0.1) is 11.3 Å². The maximum Gasteiger partial charge on any atom is 0.122 e. The second-order valence-electron chi connectivity index (χ2n) is 3.74. The second kappa shape index (κ2) is 4.38. The van der Waals surface area contributed by atoms with Crippen molar-refractivity contribution in [2.75, 3.05) is 13.2 Å². The number of nitrogens with two attached hydrogens (primary N) is 1. The van der Waals surface area contributed by atoms with Crippen LogP contribution in [0, 0.1) is 12.8 Å². The standard InChI is InChI=1S/C10H16N2OS/c1-7-6-12-10(14-7)9-8(5-11)3-2-4-13-9/h6,8-9H,2-5,11H2,1H3. The van der Waals surface area contributed by atoms with Crippen molar-refractivity contribution in [3.05, 3.63) is 16.1 Å². The van der Waals surface area contributed by atoms with Crippen LogP contribution in [-0.4, -0.2) is 18.1 Å². The third kappa shape index (κ3) is 1.97. The summed E-state index contributed by atoms with van der Waals surface area (Å²) in [5.41, 5.74) is 5.73. The highest BCUT2D eigenvalue weighted by atomic mass is 32.1. The van der Waals surface area contributed by atoms with Crippen LogP contribution in [0.2, 0.25) is 0 Å². The Labute approximate surface area is 88.3 Å². The molecule has 1 aliphatic heterocycles. The van der Waals surface area contributed by atoms with Crippen LogP contribution in [0.1, 0.15) is 28.8 Å². The molecule has 1 aromatic heterocycles. The molecule has 2 rings (SSSR count). The van der Waals surface area contributed by atoms with Crippen LogP contribution in [0.25, 0.3) is 0 Å². The molecule has 2 N–H and O–H groups in total. The maximum atomic E-state index is 5.75. The summed E-state index contributed by atoms with van der Waals surface area (Å²) in [6.07, 6.45) is 4.35. The van der Waals surface area contributed by atoms with Gasteiger partial charge in [0.1, 0.15) is 11.1 Å². The van der Waals surface area contributed by atoms with Crippen LogP contribution >= 0.6 is 11.3 Å². The van der Waals surface area contributed by atoms with E-state index in [-0.39, 0.29) is 6.10 Å². The van der Waals surface area contributed by atoms with E-state index in [1.807, 2.05) is 6.20 Å². The summed E-state index contributed by atoms with van der Waals surface area (Å²) in [4.78, 5) is 5.62. The molecule has 0 radical (unpaired) electrons. The molecule has 0 aliphatic carbocycles. The molecule has 0 amide bonds. The summed E-state index contributed by atoms with van der Waals surface area (Å²) >= 11 is 1.72. The number of rotatable bonds is 2. The number of nitrogens with zero attached hydrogens (tertiary/aromatic N) is 1. The first-order chi connectivity index (χ1) is 6.81. The molecule has 0 bridgehead atoms. The Bertz CT molecular complexity index is 300. The topological polar surface area (TPSA) is 48.1 Å². The lowest BCUT2D eigenvalue weighted by atomic mass is 9.95. The molecule has 0 aromatic carbocycles. The zero-order chi connectivity index (χ0) is 9.97. The van der Waals surface area contributed by atoms with Gasteiger partial charge in [-0.3, -0.25) is 0 Å². The molecule has 78 valence electrons. The Hall–Kier alpha value is -0.450. The van der Waals surface area contributed by atoms with E-state index in [1.54, 1.807) is 11.3 Å². The van der Waals surface area contributed by atoms with E-state index >= 15 is 0 Å². The average molecular weight is 212 g/mol. The Balaban J connectivity index is 2.14. The second-order valence-corrected chi connectivity index (χ2v) is 5.00. The number of hydrogen-bond donors (Lipinski definition) is 1. The van der Waals surface area contributed by atoms with Gasteiger partial charge in [0, 0.05) is 23.6 Å². The molecule has 1 saturated heterocycles. The fourth-order valence-electron chi connectivity index (χ4n) is 1.86. The number of ether oxygens (including phenoxy) is 1. The summed E-state index contributed by atoms with van der Waals surface area (Å²) in [5.74, 6) is 0.453. The highest BCUT2D eigenvalue weighted by Gasteiger charge is 2.28. The van der Waals surface area contributed by atoms with Crippen molar-refractivity contribution in [2.45, 2.75) is 25.9 Å². The Morgan fingerprint density at radius 2 is 2.57 bits per heavy atom. The molecule has 3 nitrogen and oxygen atoms in total. The number of thiazole rings is 1. The predicted octanol–water partition coefficient (Wildman–Crippen LogP) is 1.88. The lowest BCUT2D eigenvalue weighted by Gasteiger charge is -2.29. The van der Waals surface area contributed by atoms with Crippen molar-refractivity contribution in [1.82, 2.24) is 4.98 Å². The molecule has 2 unspecified atom stereocenters. The van der Waals surface area contributed by atoms with Crippen LogP contribution < -0.4 is 5.73 Å². The first kappa shape index (κ1) is 10.1. The predicted molar refractivity (Wildman–Crippen MR) is 57.3 cm³/mol. The largest absolute Gasteiger partial charge is 0.371 e. The lowest BCUT2D eigenvalue weighted by Crippen LogP contribution is -2.28. The van der Waals surface area contributed by atoms with Crippen molar-refractivity contribution in [3.8, 4) is 0 Å². The molecule has 2 atom stereocenters. The lowest BCUT2D eigenvalue weighted by molar-refractivity contribution is -0.0252. The first-order valence-electron chi connectivity index (χ1n) is 5.05. The molecule has 1 aliphatic rings. The number of aryl methyl sites for hydroxylation is 1. The molecule has 0 spiro atoms. The molecule has 1 fully saturated rings. The van der Waals surface area contributed by atoms with Gasteiger partial charge in [0.05, 0.1) is 0 Å². The molecule has 14 heavy (non-hydrogen) atoms. The zero-order valence-electron chi connectivity index (χ0n) is 8.40. The van der Waals surface area contributed by atoms with Crippen molar-refractivity contribution in [2.24, 2.45) is 11.7 Å². The Morgan fingerprint density at radius 1 is 1.71 bits per heavy atom. The van der Waals surface area contributed by atoms with Gasteiger partial charge in [-0.25, -0.2) is 4.98 Å². The van der Waals surface area contributed by atoms with Gasteiger partial charge in [-0.2, -0.15) is 0 Å². The zero-order valence-corrected chi connectivity index (χ0v) is 9.22. The Kier molecular flexibility index (Phi) is 3.15. The third-order valence-electron chi connectivity index (χ3n) is 2.63. The van der Waals surface area contributed by atoms with Crippen molar-refractivity contribution >= 4 is 11.3 Å². The minimum Gasteiger partial charge on any atom is -0.371 e. The van der Waals surface area contributed by atoms with E-state index < -0.39 is 0 Å². The van der Waals surface area contributed by atoms with Gasteiger partial charge in [0.15, 0.2) is 0 Å². The van der Waals surface area contributed by atoms with Crippen LogP contribution in [0.15, 0.2) is 6.20 Å². The minimum absolute atomic E-state index is 0.146. The van der Waals surface area contributed by atoms with Crippen molar-refractivity contribution in [3.63, 3.8) is 0 Å². The van der Waals surface area contributed by atoms with E-state index in [1.165, 1.54) is 11.3 Å². The van der Waals surface area contributed by atoms with E-state index in [4.69, 9.17) is 10.5 Å². The molecule has 4 heteroatoms. The van der Waals surface area contributed by atoms with Gasteiger partial charge in [-0.1, -0.05) is 0 Å². The average Bonchev–Trinajstić information content (AvgIpc) is 2.65. The highest BCUT2D eigenvalue weighted by molar-refractivity contribution is 7.11. The summed E-state index contributed by atoms with van der Waals surface area (Å²) in [6, 6.07) is 0. The molecule has 1 aromatic rings. The quantitative estimate of drug-likeness (QED) is 0.814. The van der Waals surface area contributed by atoms with Crippen LogP contribution in [0.5, 0.6) is 0 Å². The molecular formula is C10H16N2OS. The smallest absolute Gasteiger partial charge is 0.122 e. The summed E-state index contributed by atoms with van der Waals surface area (Å²) < 4.78 is 5.75. The normalized spacial score (nSPS) is 27.9. The summed E-state index contributed by atoms with van der Waals surface area (Å²) in [6.45, 7) is 3.62. The number of aromatic nitrogens is 1. The van der Waals surface area contributed by atoms with Crippen molar-refractivity contribution < 1.29 is 4.74 Å². The first-order valence-corrected chi connectivity index (χ1v) is 5.87. The van der Waals surface area contributed by atoms with E-state index in [0.717, 1.165) is 18.0 Å². The van der Waals surface area contributed by atoms with Gasteiger partial charge in [-0.05, 0) is 26.3 Å². The van der Waals surface area contributed by atoms with E-state index in [0.29, 0.717) is 12.5 Å². The molecular weight excluding hydrogens is 196 g/mol. The fraction of sp³-hybridized carbons (Fsp3) is 0.700. The summed E-state index contributed by atoms with van der Waals surface area (Å²) in [7, 11) is 0. The van der Waals surface area contributed by atoms with Gasteiger partial charge in [0.2, 0.25) is 0 Å². The fourth-order valence-corrected chi connectivity index (χ4v) is 2.78. The Morgan fingerprint density at radius 3 is 3.21 bits per heavy atom. The monoisotopic (exact) mass is 212 g/mol. The highest BCUT2D eigenvalue weighted by Crippen LogP contribution is 2.34. The van der Waals surface area contributed by atoms with Crippen molar-refractivity contribution in [1.29, 1.82) is 0 Å². The molecule has 2 heterocycles. The molecule has 0 saturated carbocycles. The summed E-state index contributed by atoms with van der Waals surface area (Å²) in [5, 5.41) is 1.10. The van der Waals surface area contributed by atoms with E-state index in [9.17, 15) is 0 Å². The third-order valence-corrected chi connectivity index (χ3v) is 3.60. The maximum absolute atomic E-state index is 5.75. The van der Waals surface area contributed by atoms with Gasteiger partial charge in [0.25, 0.3) is 0 Å². The van der Waals surface area contributed by atoms with E-state index in [2.05, 4.69) is 11.9 Å². The SMILES string of the molecule is Cc1cnc(C2OCCCC2CN)s1. The number of hydrogen-bond acceptors (Lipinski definition) is 4. The van der Waals surface area contributed by atoms with Gasteiger partial charge < -0.3 is 10.5 Å². The van der Waals surface area contributed by atoms with Gasteiger partial charge >= 0.3 is 0 Å². The minimum atomic E-state index is 0.146. The van der Waals surface area contributed by atoms with Crippen LogP contribution in [0.3, 0.4) is 0 Å².